The van der Waals surface area contributed by atoms with E-state index in [9.17, 15) is 4.79 Å². The number of aromatic nitrogens is 1. The van der Waals surface area contributed by atoms with Crippen LogP contribution >= 0.6 is 11.3 Å². The first-order chi connectivity index (χ1) is 6.72. The Morgan fingerprint density at radius 3 is 3.07 bits per heavy atom. The summed E-state index contributed by atoms with van der Waals surface area (Å²) in [7, 11) is 0. The van der Waals surface area contributed by atoms with Gasteiger partial charge in [0.05, 0.1) is 0 Å². The van der Waals surface area contributed by atoms with Crippen LogP contribution in [-0.2, 0) is 6.54 Å². The van der Waals surface area contributed by atoms with Gasteiger partial charge in [-0.2, -0.15) is 0 Å². The van der Waals surface area contributed by atoms with Gasteiger partial charge in [0.25, 0.3) is 0 Å². The minimum Gasteiger partial charge on any atom is -0.330 e. The predicted octanol–water partition coefficient (Wildman–Crippen LogP) is 0.511. The van der Waals surface area contributed by atoms with Gasteiger partial charge in [-0.1, -0.05) is 18.3 Å². The van der Waals surface area contributed by atoms with Crippen LogP contribution in [0.2, 0.25) is 0 Å². The van der Waals surface area contributed by atoms with Crippen LogP contribution in [-0.4, -0.2) is 18.1 Å². The van der Waals surface area contributed by atoms with Crippen molar-refractivity contribution in [1.29, 1.82) is 0 Å². The van der Waals surface area contributed by atoms with Crippen molar-refractivity contribution in [2.24, 2.45) is 11.7 Å². The third kappa shape index (κ3) is 4.04. The van der Waals surface area contributed by atoms with E-state index in [0.29, 0.717) is 5.92 Å². The quantitative estimate of drug-likeness (QED) is 0.606. The highest BCUT2D eigenvalue weighted by Crippen LogP contribution is 1.98. The zero-order valence-corrected chi connectivity index (χ0v) is 9.19. The Balaban J connectivity index is 2.13. The molecule has 1 aromatic heterocycles. The van der Waals surface area contributed by atoms with E-state index >= 15 is 0 Å². The molecule has 1 heterocycles. The van der Waals surface area contributed by atoms with E-state index in [1.807, 2.05) is 5.38 Å². The van der Waals surface area contributed by atoms with Crippen LogP contribution < -0.4 is 15.9 Å². The lowest BCUT2D eigenvalue weighted by molar-refractivity contribution is 0.508. The standard InChI is InChI=1S/C9H17N3OS/c1-7(4-10)2-3-11-5-8-6-14-9(13)12-8/h6-7,11H,2-5,10H2,1H3,(H,12,13). The summed E-state index contributed by atoms with van der Waals surface area (Å²) in [6.07, 6.45) is 1.07. The molecule has 1 aromatic rings. The molecule has 0 saturated carbocycles. The highest BCUT2D eigenvalue weighted by atomic mass is 32.1. The van der Waals surface area contributed by atoms with Gasteiger partial charge >= 0.3 is 4.87 Å². The summed E-state index contributed by atoms with van der Waals surface area (Å²) in [5, 5.41) is 5.11. The number of nitrogens with two attached hydrogens (primary N) is 1. The molecule has 1 atom stereocenters. The fourth-order valence-electron chi connectivity index (χ4n) is 1.09. The van der Waals surface area contributed by atoms with Crippen LogP contribution in [0.25, 0.3) is 0 Å². The Kier molecular flexibility index (Phi) is 4.86. The van der Waals surface area contributed by atoms with Crippen LogP contribution in [0, 0.1) is 5.92 Å². The van der Waals surface area contributed by atoms with Gasteiger partial charge in [-0.25, -0.2) is 0 Å². The van der Waals surface area contributed by atoms with Gasteiger partial charge in [-0.05, 0) is 25.4 Å². The number of rotatable bonds is 6. The monoisotopic (exact) mass is 215 g/mol. The average Bonchev–Trinajstić information content (AvgIpc) is 2.58. The normalized spacial score (nSPS) is 13.0. The number of nitrogens with one attached hydrogen (secondary N) is 2. The van der Waals surface area contributed by atoms with Crippen molar-refractivity contribution in [1.82, 2.24) is 10.3 Å². The van der Waals surface area contributed by atoms with Crippen LogP contribution in [0.4, 0.5) is 0 Å². The molecule has 80 valence electrons. The number of H-pyrrole nitrogens is 1. The van der Waals surface area contributed by atoms with Crippen molar-refractivity contribution in [3.63, 3.8) is 0 Å². The molecule has 0 aliphatic rings. The zero-order valence-electron chi connectivity index (χ0n) is 8.38. The molecule has 1 rings (SSSR count). The first-order valence-electron chi connectivity index (χ1n) is 4.80. The van der Waals surface area contributed by atoms with Crippen LogP contribution in [0.1, 0.15) is 19.0 Å². The van der Waals surface area contributed by atoms with E-state index in [-0.39, 0.29) is 4.87 Å². The molecule has 0 aromatic carbocycles. The second-order valence-electron chi connectivity index (χ2n) is 3.48. The molecule has 1 unspecified atom stereocenters. The molecule has 4 nitrogen and oxygen atoms in total. The summed E-state index contributed by atoms with van der Waals surface area (Å²) >= 11 is 1.20. The van der Waals surface area contributed by atoms with Crippen molar-refractivity contribution in [3.8, 4) is 0 Å². The van der Waals surface area contributed by atoms with Crippen LogP contribution in [0.15, 0.2) is 10.2 Å². The first kappa shape index (κ1) is 11.4. The zero-order chi connectivity index (χ0) is 10.4. The molecule has 0 bridgehead atoms. The molecule has 0 aliphatic heterocycles. The number of thiazole rings is 1. The van der Waals surface area contributed by atoms with Crippen molar-refractivity contribution in [3.05, 3.63) is 20.7 Å². The van der Waals surface area contributed by atoms with Crippen LogP contribution in [0.5, 0.6) is 0 Å². The molecule has 5 heteroatoms. The summed E-state index contributed by atoms with van der Waals surface area (Å²) in [4.78, 5) is 13.6. The maximum Gasteiger partial charge on any atom is 0.304 e. The summed E-state index contributed by atoms with van der Waals surface area (Å²) in [6.45, 7) is 4.54. The maximum absolute atomic E-state index is 10.8. The van der Waals surface area contributed by atoms with E-state index in [1.165, 1.54) is 11.3 Å². The molecule has 14 heavy (non-hydrogen) atoms. The molecule has 0 spiro atoms. The van der Waals surface area contributed by atoms with Crippen molar-refractivity contribution < 1.29 is 0 Å². The van der Waals surface area contributed by atoms with Gasteiger partial charge in [0.15, 0.2) is 0 Å². The van der Waals surface area contributed by atoms with E-state index in [1.54, 1.807) is 0 Å². The second kappa shape index (κ2) is 5.95. The summed E-state index contributed by atoms with van der Waals surface area (Å²) in [6, 6.07) is 0. The van der Waals surface area contributed by atoms with Gasteiger partial charge < -0.3 is 16.0 Å². The third-order valence-corrected chi connectivity index (χ3v) is 2.82. The molecule has 4 N–H and O–H groups in total. The van der Waals surface area contributed by atoms with Gasteiger partial charge in [-0.3, -0.25) is 4.79 Å². The van der Waals surface area contributed by atoms with Crippen LogP contribution in [0.3, 0.4) is 0 Å². The van der Waals surface area contributed by atoms with E-state index in [2.05, 4.69) is 17.2 Å². The van der Waals surface area contributed by atoms with E-state index in [4.69, 9.17) is 5.73 Å². The first-order valence-corrected chi connectivity index (χ1v) is 5.68. The van der Waals surface area contributed by atoms with Crippen molar-refractivity contribution >= 4 is 11.3 Å². The molecule has 0 radical (unpaired) electrons. The fourth-order valence-corrected chi connectivity index (χ4v) is 1.67. The average molecular weight is 215 g/mol. The highest BCUT2D eigenvalue weighted by Gasteiger charge is 1.99. The molecule has 0 saturated heterocycles. The third-order valence-electron chi connectivity index (χ3n) is 2.10. The highest BCUT2D eigenvalue weighted by molar-refractivity contribution is 7.07. The number of aromatic amines is 1. The largest absolute Gasteiger partial charge is 0.330 e. The Bertz CT molecular complexity index is 307. The van der Waals surface area contributed by atoms with Crippen molar-refractivity contribution in [2.75, 3.05) is 13.1 Å². The lowest BCUT2D eigenvalue weighted by Gasteiger charge is -2.08. The summed E-state index contributed by atoms with van der Waals surface area (Å²) in [5.41, 5.74) is 6.45. The predicted molar refractivity (Wildman–Crippen MR) is 59.5 cm³/mol. The van der Waals surface area contributed by atoms with E-state index < -0.39 is 0 Å². The SMILES string of the molecule is CC(CN)CCNCc1csc(=O)[nH]1. The van der Waals surface area contributed by atoms with Crippen molar-refractivity contribution in [2.45, 2.75) is 19.9 Å². The second-order valence-corrected chi connectivity index (χ2v) is 4.32. The fraction of sp³-hybridized carbons (Fsp3) is 0.667. The number of hydrogen-bond donors (Lipinski definition) is 3. The molecule has 0 fully saturated rings. The Morgan fingerprint density at radius 2 is 2.50 bits per heavy atom. The topological polar surface area (TPSA) is 70.9 Å². The minimum atomic E-state index is 0.0112. The lowest BCUT2D eigenvalue weighted by Crippen LogP contribution is -2.20. The van der Waals surface area contributed by atoms with Gasteiger partial charge in [-0.15, -0.1) is 0 Å². The summed E-state index contributed by atoms with van der Waals surface area (Å²) < 4.78 is 0. The Morgan fingerprint density at radius 1 is 1.71 bits per heavy atom. The van der Waals surface area contributed by atoms with Gasteiger partial charge in [0, 0.05) is 17.6 Å². The van der Waals surface area contributed by atoms with Gasteiger partial charge in [0.1, 0.15) is 0 Å². The molecule has 0 aliphatic carbocycles. The lowest BCUT2D eigenvalue weighted by atomic mass is 10.1. The summed E-state index contributed by atoms with van der Waals surface area (Å²) in [5.74, 6) is 0.559. The minimum absolute atomic E-state index is 0.0112. The molecular weight excluding hydrogens is 198 g/mol. The Labute approximate surface area is 87.5 Å². The number of hydrogen-bond acceptors (Lipinski definition) is 4. The maximum atomic E-state index is 10.8. The Hall–Kier alpha value is -0.650. The molecule has 0 amide bonds. The molecular formula is C9H17N3OS. The smallest absolute Gasteiger partial charge is 0.304 e. The van der Waals surface area contributed by atoms with Gasteiger partial charge in [0.2, 0.25) is 0 Å². The van der Waals surface area contributed by atoms with E-state index in [0.717, 1.165) is 31.7 Å².